The lowest BCUT2D eigenvalue weighted by atomic mass is 9.82. The van der Waals surface area contributed by atoms with Gasteiger partial charge >= 0.3 is 5.97 Å². The maximum absolute atomic E-state index is 11.0. The molecule has 4 heteroatoms. The molecule has 1 aliphatic rings. The molecule has 1 unspecified atom stereocenters. The minimum Gasteiger partial charge on any atom is -0.481 e. The van der Waals surface area contributed by atoms with Gasteiger partial charge in [-0.1, -0.05) is 61.6 Å². The lowest BCUT2D eigenvalue weighted by molar-refractivity contribution is -0.346. The number of rotatable bonds is 11. The smallest absolute Gasteiger partial charge is 0.306 e. The highest BCUT2D eigenvalue weighted by molar-refractivity contribution is 5.68. The summed E-state index contributed by atoms with van der Waals surface area (Å²) in [7, 11) is 0. The number of hydrogen-bond donors (Lipinski definition) is 1. The average Bonchev–Trinajstić information content (AvgIpc) is 2.91. The largest absolute Gasteiger partial charge is 0.481 e. The van der Waals surface area contributed by atoms with Crippen LogP contribution in [0.3, 0.4) is 0 Å². The van der Waals surface area contributed by atoms with Gasteiger partial charge in [0.1, 0.15) is 11.2 Å². The molecule has 1 saturated heterocycles. The SMILES string of the molecule is CC(CC/C=C/CC/C=C/c1ccccc1)C[C@]1(C)C[C@](C)(CC(=O)O)OO1. The van der Waals surface area contributed by atoms with Crippen molar-refractivity contribution in [2.75, 3.05) is 0 Å². The molecule has 0 aliphatic carbocycles. The highest BCUT2D eigenvalue weighted by Crippen LogP contribution is 2.42. The topological polar surface area (TPSA) is 55.8 Å². The molecule has 0 saturated carbocycles. The number of carboxylic acid groups (broad SMARTS) is 1. The second kappa shape index (κ2) is 10.6. The predicted octanol–water partition coefficient (Wildman–Crippen LogP) is 6.19. The van der Waals surface area contributed by atoms with Crippen molar-refractivity contribution in [2.24, 2.45) is 5.92 Å². The van der Waals surface area contributed by atoms with Crippen molar-refractivity contribution < 1.29 is 19.7 Å². The van der Waals surface area contributed by atoms with Crippen LogP contribution in [0.1, 0.15) is 71.3 Å². The van der Waals surface area contributed by atoms with E-state index in [-0.39, 0.29) is 6.42 Å². The molecule has 28 heavy (non-hydrogen) atoms. The van der Waals surface area contributed by atoms with Crippen molar-refractivity contribution in [2.45, 2.75) is 76.9 Å². The molecule has 0 bridgehead atoms. The summed E-state index contributed by atoms with van der Waals surface area (Å²) in [6, 6.07) is 10.4. The number of carbonyl (C=O) groups is 1. The van der Waals surface area contributed by atoms with Crippen LogP contribution >= 0.6 is 0 Å². The third-order valence-corrected chi connectivity index (χ3v) is 5.10. The van der Waals surface area contributed by atoms with Crippen molar-refractivity contribution in [1.82, 2.24) is 0 Å². The van der Waals surface area contributed by atoms with E-state index >= 15 is 0 Å². The number of benzene rings is 1. The van der Waals surface area contributed by atoms with Crippen LogP contribution in [-0.4, -0.2) is 22.3 Å². The van der Waals surface area contributed by atoms with Gasteiger partial charge in [-0.15, -0.1) is 0 Å². The zero-order chi connectivity index (χ0) is 20.5. The van der Waals surface area contributed by atoms with Crippen molar-refractivity contribution in [3.8, 4) is 0 Å². The van der Waals surface area contributed by atoms with Gasteiger partial charge < -0.3 is 5.11 Å². The van der Waals surface area contributed by atoms with Crippen LogP contribution in [-0.2, 0) is 14.6 Å². The summed E-state index contributed by atoms with van der Waals surface area (Å²) in [6.07, 6.45) is 14.6. The molecule has 1 N–H and O–H groups in total. The van der Waals surface area contributed by atoms with E-state index in [9.17, 15) is 4.79 Å². The minimum atomic E-state index is -0.854. The van der Waals surface area contributed by atoms with Crippen LogP contribution in [0.2, 0.25) is 0 Å². The molecular weight excluding hydrogens is 352 g/mol. The standard InChI is InChI=1S/C24H34O4/c1-20(17-23(2)19-24(3,28-27-23)18-22(25)26)13-9-6-4-5-7-10-14-21-15-11-8-12-16-21/h4,6,8,10-12,14-16,20H,5,7,9,13,17-19H2,1-3H3,(H,25,26)/b6-4+,14-10+/t20?,23-,24+/m1/s1. The Bertz CT molecular complexity index is 666. The molecule has 0 spiro atoms. The Morgan fingerprint density at radius 1 is 1.07 bits per heavy atom. The van der Waals surface area contributed by atoms with E-state index in [1.165, 1.54) is 5.56 Å². The molecule has 1 aliphatic heterocycles. The predicted molar refractivity (Wildman–Crippen MR) is 113 cm³/mol. The highest BCUT2D eigenvalue weighted by atomic mass is 17.2. The van der Waals surface area contributed by atoms with Crippen molar-refractivity contribution >= 4 is 12.0 Å². The lowest BCUT2D eigenvalue weighted by Gasteiger charge is -2.25. The maximum Gasteiger partial charge on any atom is 0.306 e. The quantitative estimate of drug-likeness (QED) is 0.280. The van der Waals surface area contributed by atoms with E-state index in [1.54, 1.807) is 0 Å². The molecule has 3 atom stereocenters. The Labute approximate surface area is 169 Å². The van der Waals surface area contributed by atoms with E-state index < -0.39 is 17.2 Å². The van der Waals surface area contributed by atoms with E-state index in [0.29, 0.717) is 12.3 Å². The number of allylic oxidation sites excluding steroid dienone is 3. The first-order valence-corrected chi connectivity index (χ1v) is 10.3. The van der Waals surface area contributed by atoms with Gasteiger partial charge in [-0.25, -0.2) is 9.78 Å². The molecule has 0 radical (unpaired) electrons. The van der Waals surface area contributed by atoms with Crippen LogP contribution < -0.4 is 0 Å². The summed E-state index contributed by atoms with van der Waals surface area (Å²) in [6.45, 7) is 6.05. The zero-order valence-corrected chi connectivity index (χ0v) is 17.4. The highest BCUT2D eigenvalue weighted by Gasteiger charge is 2.47. The Morgan fingerprint density at radius 2 is 1.71 bits per heavy atom. The fourth-order valence-electron chi connectivity index (χ4n) is 4.00. The molecule has 1 aromatic carbocycles. The molecule has 0 amide bonds. The van der Waals surface area contributed by atoms with Gasteiger partial charge in [-0.3, -0.25) is 4.79 Å². The Hall–Kier alpha value is -1.91. The van der Waals surface area contributed by atoms with Crippen LogP contribution in [0, 0.1) is 5.92 Å². The average molecular weight is 387 g/mol. The monoisotopic (exact) mass is 386 g/mol. The van der Waals surface area contributed by atoms with Gasteiger partial charge in [0.15, 0.2) is 0 Å². The van der Waals surface area contributed by atoms with Gasteiger partial charge in [-0.05, 0) is 57.4 Å². The number of carboxylic acids is 1. The summed E-state index contributed by atoms with van der Waals surface area (Å²) in [5.41, 5.74) is 0.106. The number of hydrogen-bond acceptors (Lipinski definition) is 3. The van der Waals surface area contributed by atoms with Gasteiger partial charge in [0.25, 0.3) is 0 Å². The van der Waals surface area contributed by atoms with Crippen LogP contribution in [0.15, 0.2) is 48.6 Å². The van der Waals surface area contributed by atoms with Gasteiger partial charge in [0.2, 0.25) is 0 Å². The second-order valence-electron chi connectivity index (χ2n) is 8.56. The number of aliphatic carboxylic acids is 1. The first-order valence-electron chi connectivity index (χ1n) is 10.3. The van der Waals surface area contributed by atoms with E-state index in [1.807, 2.05) is 19.9 Å². The maximum atomic E-state index is 11.0. The Kier molecular flexibility index (Phi) is 8.46. The van der Waals surface area contributed by atoms with E-state index in [0.717, 1.165) is 32.1 Å². The van der Waals surface area contributed by atoms with Crippen LogP contribution in [0.4, 0.5) is 0 Å². The molecule has 4 nitrogen and oxygen atoms in total. The lowest BCUT2D eigenvalue weighted by Crippen LogP contribution is -2.31. The first-order chi connectivity index (χ1) is 13.3. The van der Waals surface area contributed by atoms with Gasteiger partial charge in [0.05, 0.1) is 6.42 Å². The zero-order valence-electron chi connectivity index (χ0n) is 17.4. The number of unbranched alkanes of at least 4 members (excludes halogenated alkanes) is 1. The summed E-state index contributed by atoms with van der Waals surface area (Å²) in [5, 5.41) is 9.02. The first kappa shape index (κ1) is 22.4. The Balaban J connectivity index is 1.62. The van der Waals surface area contributed by atoms with E-state index in [4.69, 9.17) is 14.9 Å². The minimum absolute atomic E-state index is 0.0293. The molecule has 1 aromatic rings. The Morgan fingerprint density at radius 3 is 2.43 bits per heavy atom. The molecule has 1 heterocycles. The second-order valence-corrected chi connectivity index (χ2v) is 8.56. The van der Waals surface area contributed by atoms with E-state index in [2.05, 4.69) is 55.5 Å². The molecule has 1 fully saturated rings. The molecule has 2 rings (SSSR count). The van der Waals surface area contributed by atoms with Crippen molar-refractivity contribution in [3.63, 3.8) is 0 Å². The summed E-state index contributed by atoms with van der Waals surface area (Å²) < 4.78 is 0. The third kappa shape index (κ3) is 7.99. The van der Waals surface area contributed by atoms with Crippen LogP contribution in [0.25, 0.3) is 6.08 Å². The third-order valence-electron chi connectivity index (χ3n) is 5.10. The fraction of sp³-hybridized carbons (Fsp3) is 0.542. The van der Waals surface area contributed by atoms with Gasteiger partial charge in [0, 0.05) is 6.42 Å². The summed E-state index contributed by atoms with van der Waals surface area (Å²) in [5.74, 6) is -0.365. The molecular formula is C24H34O4. The normalized spacial score (nSPS) is 26.2. The summed E-state index contributed by atoms with van der Waals surface area (Å²) >= 11 is 0. The van der Waals surface area contributed by atoms with Crippen molar-refractivity contribution in [1.29, 1.82) is 0 Å². The fourth-order valence-corrected chi connectivity index (χ4v) is 4.00. The summed E-state index contributed by atoms with van der Waals surface area (Å²) in [4.78, 5) is 21.9. The molecule has 154 valence electrons. The molecule has 0 aromatic heterocycles. The van der Waals surface area contributed by atoms with Crippen molar-refractivity contribution in [3.05, 3.63) is 54.1 Å². The van der Waals surface area contributed by atoms with Gasteiger partial charge in [-0.2, -0.15) is 0 Å². The van der Waals surface area contributed by atoms with Crippen LogP contribution in [0.5, 0.6) is 0 Å².